The van der Waals surface area contributed by atoms with Crippen molar-refractivity contribution < 1.29 is 13.9 Å². The third-order valence-electron chi connectivity index (χ3n) is 5.82. The number of fused-ring (bicyclic) bond motifs is 2. The number of hydrogen-bond donors (Lipinski definition) is 1. The van der Waals surface area contributed by atoms with Gasteiger partial charge in [0.25, 0.3) is 0 Å². The van der Waals surface area contributed by atoms with Crippen molar-refractivity contribution in [2.45, 2.75) is 23.2 Å². The molecular formula is C21H23ClFN2O2PS. The number of nitrogens with zero attached hydrogens (tertiary/aromatic N) is 1. The molecule has 0 aromatic heterocycles. The summed E-state index contributed by atoms with van der Waals surface area (Å²) in [6.45, 7) is 2.82. The van der Waals surface area contributed by atoms with Gasteiger partial charge in [0, 0.05) is 23.3 Å². The van der Waals surface area contributed by atoms with Crippen LogP contribution in [0.5, 0.6) is 5.75 Å². The number of ether oxygens (including phenoxy) is 1. The van der Waals surface area contributed by atoms with Crippen molar-refractivity contribution in [1.29, 1.82) is 0 Å². The maximum Gasteiger partial charge on any atom is 0.235 e. The van der Waals surface area contributed by atoms with E-state index in [1.807, 2.05) is 24.5 Å². The molecule has 2 aliphatic heterocycles. The first-order valence-electron chi connectivity index (χ1n) is 9.52. The quantitative estimate of drug-likeness (QED) is 0.548. The molecule has 1 atom stereocenters. The van der Waals surface area contributed by atoms with Crippen LogP contribution in [0.1, 0.15) is 18.4 Å². The van der Waals surface area contributed by atoms with E-state index in [-0.39, 0.29) is 11.7 Å². The predicted molar refractivity (Wildman–Crippen MR) is 120 cm³/mol. The fraction of sp³-hybridized carbons (Fsp3) is 0.381. The van der Waals surface area contributed by atoms with E-state index in [4.69, 9.17) is 16.3 Å². The summed E-state index contributed by atoms with van der Waals surface area (Å²) < 4.78 is 19.9. The Morgan fingerprint density at radius 3 is 2.76 bits per heavy atom. The number of amides is 1. The van der Waals surface area contributed by atoms with E-state index in [0.717, 1.165) is 49.0 Å². The van der Waals surface area contributed by atoms with Gasteiger partial charge < -0.3 is 10.1 Å². The Bertz CT molecular complexity index is 927. The maximum absolute atomic E-state index is 14.1. The number of hydrogen-bond acceptors (Lipinski definition) is 4. The van der Waals surface area contributed by atoms with Crippen molar-refractivity contribution in [2.24, 2.45) is 0 Å². The summed E-state index contributed by atoms with van der Waals surface area (Å²) in [7, 11) is 2.56. The monoisotopic (exact) mass is 452 g/mol. The number of carbonyl (C=O) groups is 1. The molecule has 154 valence electrons. The molecule has 29 heavy (non-hydrogen) atoms. The molecule has 4 nitrogen and oxygen atoms in total. The Balaban J connectivity index is 1.35. The predicted octanol–water partition coefficient (Wildman–Crippen LogP) is 4.07. The molecule has 1 fully saturated rings. The van der Waals surface area contributed by atoms with Gasteiger partial charge in [-0.05, 0) is 67.3 Å². The molecule has 0 bridgehead atoms. The standard InChI is InChI=1S/C21H23ClFN2O2PS/c1-29-19-16(23)11-14(12-18(19)28)27-9-8-25-6-4-21(5-7-25)15-10-13(22)2-3-17(15)24-20(21)26/h2-3,10-12H,4-9,28H2,1H3,(H,24,26). The van der Waals surface area contributed by atoms with Crippen molar-refractivity contribution in [1.82, 2.24) is 4.90 Å². The molecule has 2 heterocycles. The van der Waals surface area contributed by atoms with E-state index < -0.39 is 5.41 Å². The molecule has 1 spiro atoms. The van der Waals surface area contributed by atoms with Gasteiger partial charge in [-0.1, -0.05) is 11.6 Å². The van der Waals surface area contributed by atoms with Crippen LogP contribution in [0.2, 0.25) is 5.02 Å². The second-order valence-electron chi connectivity index (χ2n) is 7.44. The number of likely N-dealkylation sites (tertiary alicyclic amines) is 1. The third-order valence-corrected chi connectivity index (χ3v) is 7.55. The van der Waals surface area contributed by atoms with Gasteiger partial charge in [-0.25, -0.2) is 4.39 Å². The van der Waals surface area contributed by atoms with Crippen molar-refractivity contribution in [3.05, 3.63) is 46.7 Å². The first-order valence-corrected chi connectivity index (χ1v) is 11.7. The lowest BCUT2D eigenvalue weighted by Crippen LogP contribution is -2.47. The Kier molecular flexibility index (Phi) is 6.08. The van der Waals surface area contributed by atoms with E-state index >= 15 is 0 Å². The molecule has 8 heteroatoms. The molecule has 1 N–H and O–H groups in total. The molecule has 2 aliphatic rings. The van der Waals surface area contributed by atoms with Crippen LogP contribution in [0.15, 0.2) is 35.2 Å². The van der Waals surface area contributed by atoms with Crippen LogP contribution in [-0.4, -0.2) is 43.3 Å². The van der Waals surface area contributed by atoms with Gasteiger partial charge in [-0.15, -0.1) is 21.0 Å². The van der Waals surface area contributed by atoms with Crippen molar-refractivity contribution >= 4 is 49.5 Å². The first-order chi connectivity index (χ1) is 13.9. The highest BCUT2D eigenvalue weighted by atomic mass is 35.5. The highest BCUT2D eigenvalue weighted by molar-refractivity contribution is 7.99. The van der Waals surface area contributed by atoms with E-state index in [0.29, 0.717) is 22.3 Å². The molecular weight excluding hydrogens is 430 g/mol. The molecule has 2 aromatic carbocycles. The Labute approximate surface area is 181 Å². The Morgan fingerprint density at radius 1 is 1.31 bits per heavy atom. The topological polar surface area (TPSA) is 41.6 Å². The second-order valence-corrected chi connectivity index (χ2v) is 9.32. The largest absolute Gasteiger partial charge is 0.492 e. The fourth-order valence-corrected chi connectivity index (χ4v) is 5.60. The summed E-state index contributed by atoms with van der Waals surface area (Å²) in [4.78, 5) is 15.6. The van der Waals surface area contributed by atoms with Gasteiger partial charge >= 0.3 is 0 Å². The van der Waals surface area contributed by atoms with E-state index in [2.05, 4.69) is 19.5 Å². The fourth-order valence-electron chi connectivity index (χ4n) is 4.22. The number of piperidine rings is 1. The number of benzene rings is 2. The van der Waals surface area contributed by atoms with E-state index in [9.17, 15) is 9.18 Å². The minimum absolute atomic E-state index is 0.0722. The Morgan fingerprint density at radius 2 is 2.07 bits per heavy atom. The second kappa shape index (κ2) is 8.43. The maximum atomic E-state index is 14.1. The molecule has 1 saturated heterocycles. The van der Waals surface area contributed by atoms with Crippen LogP contribution in [0.4, 0.5) is 10.1 Å². The summed E-state index contributed by atoms with van der Waals surface area (Å²) in [6, 6.07) is 8.89. The van der Waals surface area contributed by atoms with Gasteiger partial charge in [0.05, 0.1) is 10.3 Å². The van der Waals surface area contributed by atoms with Crippen LogP contribution < -0.4 is 15.4 Å². The highest BCUT2D eigenvalue weighted by Gasteiger charge is 2.48. The van der Waals surface area contributed by atoms with E-state index in [1.165, 1.54) is 17.8 Å². The molecule has 0 aliphatic carbocycles. The first kappa shape index (κ1) is 20.9. The van der Waals surface area contributed by atoms with Crippen LogP contribution >= 0.6 is 32.6 Å². The van der Waals surface area contributed by atoms with Gasteiger partial charge in [0.1, 0.15) is 18.2 Å². The highest BCUT2D eigenvalue weighted by Crippen LogP contribution is 2.45. The van der Waals surface area contributed by atoms with Gasteiger partial charge in [0.15, 0.2) is 0 Å². The summed E-state index contributed by atoms with van der Waals surface area (Å²) in [5, 5.41) is 4.46. The van der Waals surface area contributed by atoms with Crippen molar-refractivity contribution in [3.63, 3.8) is 0 Å². The number of nitrogens with one attached hydrogen (secondary N) is 1. The van der Waals surface area contributed by atoms with Gasteiger partial charge in [0.2, 0.25) is 5.91 Å². The minimum Gasteiger partial charge on any atom is -0.492 e. The molecule has 0 saturated carbocycles. The summed E-state index contributed by atoms with van der Waals surface area (Å²) in [5.41, 5.74) is 1.41. The van der Waals surface area contributed by atoms with Crippen LogP contribution in [-0.2, 0) is 10.2 Å². The summed E-state index contributed by atoms with van der Waals surface area (Å²) in [5.74, 6) is 0.352. The number of thioether (sulfide) groups is 1. The molecule has 0 radical (unpaired) electrons. The number of rotatable bonds is 5. The third kappa shape index (κ3) is 4.00. The SMILES string of the molecule is CSc1c(F)cc(OCCN2CCC3(CC2)C(=O)Nc2ccc(Cl)cc23)cc1P. The van der Waals surface area contributed by atoms with Crippen LogP contribution in [0, 0.1) is 5.82 Å². The van der Waals surface area contributed by atoms with E-state index in [1.54, 1.807) is 6.07 Å². The molecule has 1 amide bonds. The average molecular weight is 453 g/mol. The van der Waals surface area contributed by atoms with Gasteiger partial charge in [-0.3, -0.25) is 9.69 Å². The summed E-state index contributed by atoms with van der Waals surface area (Å²) >= 11 is 7.56. The lowest BCUT2D eigenvalue weighted by atomic mass is 9.73. The molecule has 1 unspecified atom stereocenters. The molecule has 4 rings (SSSR count). The zero-order valence-electron chi connectivity index (χ0n) is 16.1. The van der Waals surface area contributed by atoms with Crippen molar-refractivity contribution in [2.75, 3.05) is 37.8 Å². The number of carbonyl (C=O) groups excluding carboxylic acids is 1. The summed E-state index contributed by atoms with van der Waals surface area (Å²) in [6.07, 6.45) is 3.35. The minimum atomic E-state index is -0.483. The number of anilines is 1. The zero-order valence-corrected chi connectivity index (χ0v) is 18.9. The lowest BCUT2D eigenvalue weighted by Gasteiger charge is -2.38. The van der Waals surface area contributed by atoms with Crippen molar-refractivity contribution in [3.8, 4) is 5.75 Å². The molecule has 2 aromatic rings. The van der Waals surface area contributed by atoms with Gasteiger partial charge in [-0.2, -0.15) is 0 Å². The van der Waals surface area contributed by atoms with Crippen LogP contribution in [0.3, 0.4) is 0 Å². The van der Waals surface area contributed by atoms with Crippen LogP contribution in [0.25, 0.3) is 0 Å². The lowest BCUT2D eigenvalue weighted by molar-refractivity contribution is -0.122. The number of halogens is 2. The average Bonchev–Trinajstić information content (AvgIpc) is 2.94. The Hall–Kier alpha value is -1.33. The smallest absolute Gasteiger partial charge is 0.235 e. The normalized spacial score (nSPS) is 18.0. The zero-order chi connectivity index (χ0) is 20.6.